The molecule has 2 aromatic carbocycles. The highest BCUT2D eigenvalue weighted by molar-refractivity contribution is 14.0. The summed E-state index contributed by atoms with van der Waals surface area (Å²) < 4.78 is 5.59. The number of oxazole rings is 1. The fourth-order valence-corrected chi connectivity index (χ4v) is 2.76. The molecule has 1 aromatic heterocycles. The van der Waals surface area contributed by atoms with Crippen LogP contribution in [-0.4, -0.2) is 24.5 Å². The standard InChI is InChI=1S/C22H26N4O.HI/c1-17-10-12-19(13-11-17)21-26-20(16-27-21)15-25-22(23-2)24-14-6-9-18-7-4-3-5-8-18;/h3-5,7-8,10-13,16H,6,9,14-15H2,1-2H3,(H2,23,24,25);1H. The second kappa shape index (κ2) is 11.5. The first-order valence-corrected chi connectivity index (χ1v) is 9.24. The van der Waals surface area contributed by atoms with Gasteiger partial charge in [0.15, 0.2) is 5.96 Å². The smallest absolute Gasteiger partial charge is 0.226 e. The molecule has 0 saturated heterocycles. The summed E-state index contributed by atoms with van der Waals surface area (Å²) in [5.74, 6) is 1.40. The Morgan fingerprint density at radius 1 is 1.04 bits per heavy atom. The topological polar surface area (TPSA) is 62.5 Å². The lowest BCUT2D eigenvalue weighted by Gasteiger charge is -2.10. The Morgan fingerprint density at radius 2 is 1.79 bits per heavy atom. The van der Waals surface area contributed by atoms with Crippen molar-refractivity contribution in [1.29, 1.82) is 0 Å². The van der Waals surface area contributed by atoms with Crippen molar-refractivity contribution in [2.75, 3.05) is 13.6 Å². The molecule has 0 saturated carbocycles. The number of halogens is 1. The van der Waals surface area contributed by atoms with Crippen LogP contribution in [0.5, 0.6) is 0 Å². The minimum absolute atomic E-state index is 0. The lowest BCUT2D eigenvalue weighted by Crippen LogP contribution is -2.37. The number of aliphatic imine (C=N–C) groups is 1. The van der Waals surface area contributed by atoms with E-state index in [1.54, 1.807) is 13.3 Å². The van der Waals surface area contributed by atoms with Gasteiger partial charge in [-0.2, -0.15) is 0 Å². The van der Waals surface area contributed by atoms with E-state index in [-0.39, 0.29) is 24.0 Å². The van der Waals surface area contributed by atoms with Crippen molar-refractivity contribution in [3.8, 4) is 11.5 Å². The van der Waals surface area contributed by atoms with E-state index in [0.717, 1.165) is 36.6 Å². The third-order valence-electron chi connectivity index (χ3n) is 4.29. The van der Waals surface area contributed by atoms with Gasteiger partial charge < -0.3 is 15.1 Å². The van der Waals surface area contributed by atoms with E-state index in [9.17, 15) is 0 Å². The number of benzene rings is 2. The molecule has 3 aromatic rings. The van der Waals surface area contributed by atoms with Gasteiger partial charge in [0.2, 0.25) is 5.89 Å². The average Bonchev–Trinajstić information content (AvgIpc) is 3.18. The fourth-order valence-electron chi connectivity index (χ4n) is 2.76. The summed E-state index contributed by atoms with van der Waals surface area (Å²) in [6.07, 6.45) is 3.78. The van der Waals surface area contributed by atoms with E-state index < -0.39 is 0 Å². The van der Waals surface area contributed by atoms with E-state index in [1.165, 1.54) is 11.1 Å². The van der Waals surface area contributed by atoms with Gasteiger partial charge in [-0.15, -0.1) is 24.0 Å². The Morgan fingerprint density at radius 3 is 2.50 bits per heavy atom. The van der Waals surface area contributed by atoms with Crippen LogP contribution in [0.2, 0.25) is 0 Å². The molecule has 6 heteroatoms. The minimum atomic E-state index is 0. The van der Waals surface area contributed by atoms with Crippen LogP contribution in [0.3, 0.4) is 0 Å². The molecule has 148 valence electrons. The number of aromatic nitrogens is 1. The SMILES string of the molecule is CN=C(NCCCc1ccccc1)NCc1coc(-c2ccc(C)cc2)n1.I. The van der Waals surface area contributed by atoms with Gasteiger partial charge in [-0.25, -0.2) is 4.98 Å². The Kier molecular flexibility index (Phi) is 9.00. The quantitative estimate of drug-likeness (QED) is 0.221. The average molecular weight is 490 g/mol. The van der Waals surface area contributed by atoms with Crippen LogP contribution in [0.15, 0.2) is 70.3 Å². The third-order valence-corrected chi connectivity index (χ3v) is 4.29. The molecule has 0 bridgehead atoms. The predicted molar refractivity (Wildman–Crippen MR) is 125 cm³/mol. The van der Waals surface area contributed by atoms with E-state index in [4.69, 9.17) is 4.42 Å². The van der Waals surface area contributed by atoms with Crippen LogP contribution in [0.1, 0.15) is 23.2 Å². The predicted octanol–water partition coefficient (Wildman–Crippen LogP) is 4.57. The second-order valence-corrected chi connectivity index (χ2v) is 6.45. The van der Waals surface area contributed by atoms with Crippen molar-refractivity contribution in [2.45, 2.75) is 26.3 Å². The number of aryl methyl sites for hydroxylation is 2. The zero-order chi connectivity index (χ0) is 18.9. The number of rotatable bonds is 7. The van der Waals surface area contributed by atoms with E-state index in [0.29, 0.717) is 12.4 Å². The molecule has 28 heavy (non-hydrogen) atoms. The van der Waals surface area contributed by atoms with Crippen LogP contribution in [0, 0.1) is 6.92 Å². The van der Waals surface area contributed by atoms with Crippen LogP contribution < -0.4 is 10.6 Å². The molecule has 0 atom stereocenters. The number of hydrogen-bond acceptors (Lipinski definition) is 3. The van der Waals surface area contributed by atoms with Crippen LogP contribution in [-0.2, 0) is 13.0 Å². The molecule has 3 rings (SSSR count). The zero-order valence-corrected chi connectivity index (χ0v) is 18.6. The van der Waals surface area contributed by atoms with Crippen molar-refractivity contribution in [3.63, 3.8) is 0 Å². The van der Waals surface area contributed by atoms with E-state index >= 15 is 0 Å². The highest BCUT2D eigenvalue weighted by Crippen LogP contribution is 2.18. The van der Waals surface area contributed by atoms with Crippen LogP contribution in [0.25, 0.3) is 11.5 Å². The van der Waals surface area contributed by atoms with Gasteiger partial charge >= 0.3 is 0 Å². The summed E-state index contributed by atoms with van der Waals surface area (Å²) in [5, 5.41) is 6.61. The molecular formula is C22H27IN4O. The monoisotopic (exact) mass is 490 g/mol. The van der Waals surface area contributed by atoms with Gasteiger partial charge in [-0.05, 0) is 37.5 Å². The second-order valence-electron chi connectivity index (χ2n) is 6.45. The highest BCUT2D eigenvalue weighted by Gasteiger charge is 2.07. The van der Waals surface area contributed by atoms with Gasteiger partial charge in [0, 0.05) is 19.2 Å². The van der Waals surface area contributed by atoms with Gasteiger partial charge in [0.05, 0.1) is 12.2 Å². The molecule has 2 N–H and O–H groups in total. The first kappa shape index (κ1) is 21.9. The van der Waals surface area contributed by atoms with Gasteiger partial charge in [0.25, 0.3) is 0 Å². The molecule has 0 aliphatic heterocycles. The maximum Gasteiger partial charge on any atom is 0.226 e. The first-order valence-electron chi connectivity index (χ1n) is 9.24. The van der Waals surface area contributed by atoms with Crippen molar-refractivity contribution >= 4 is 29.9 Å². The minimum Gasteiger partial charge on any atom is -0.444 e. The van der Waals surface area contributed by atoms with Crippen LogP contribution >= 0.6 is 24.0 Å². The van der Waals surface area contributed by atoms with Gasteiger partial charge in [-0.3, -0.25) is 4.99 Å². The molecule has 0 aliphatic carbocycles. The third kappa shape index (κ3) is 6.67. The number of nitrogens with zero attached hydrogens (tertiary/aromatic N) is 2. The maximum absolute atomic E-state index is 5.59. The molecule has 0 fully saturated rings. The first-order chi connectivity index (χ1) is 13.2. The fraction of sp³-hybridized carbons (Fsp3) is 0.273. The summed E-state index contributed by atoms with van der Waals surface area (Å²) >= 11 is 0. The Bertz CT molecular complexity index is 860. The number of nitrogens with one attached hydrogen (secondary N) is 2. The van der Waals surface area contributed by atoms with Crippen molar-refractivity contribution in [1.82, 2.24) is 15.6 Å². The normalized spacial score (nSPS) is 11.0. The van der Waals surface area contributed by atoms with E-state index in [1.807, 2.05) is 18.2 Å². The lowest BCUT2D eigenvalue weighted by atomic mass is 10.1. The van der Waals surface area contributed by atoms with Crippen LogP contribution in [0.4, 0.5) is 0 Å². The van der Waals surface area contributed by atoms with Crippen molar-refractivity contribution < 1.29 is 4.42 Å². The lowest BCUT2D eigenvalue weighted by molar-refractivity contribution is 0.572. The molecule has 0 spiro atoms. The van der Waals surface area contributed by atoms with Crippen molar-refractivity contribution in [3.05, 3.63) is 77.7 Å². The largest absolute Gasteiger partial charge is 0.444 e. The summed E-state index contributed by atoms with van der Waals surface area (Å²) in [6, 6.07) is 18.7. The molecular weight excluding hydrogens is 463 g/mol. The Labute approximate surface area is 183 Å². The van der Waals surface area contributed by atoms with Crippen molar-refractivity contribution in [2.24, 2.45) is 4.99 Å². The Hall–Kier alpha value is -2.35. The summed E-state index contributed by atoms with van der Waals surface area (Å²) in [4.78, 5) is 8.80. The molecule has 0 aliphatic rings. The van der Waals surface area contributed by atoms with Gasteiger partial charge in [0.1, 0.15) is 6.26 Å². The maximum atomic E-state index is 5.59. The Balaban J connectivity index is 0.00000280. The molecule has 5 nitrogen and oxygen atoms in total. The van der Waals surface area contributed by atoms with E-state index in [2.05, 4.69) is 63.9 Å². The number of hydrogen-bond donors (Lipinski definition) is 2. The summed E-state index contributed by atoms with van der Waals surface area (Å²) in [7, 11) is 1.77. The van der Waals surface area contributed by atoms with Gasteiger partial charge in [-0.1, -0.05) is 48.0 Å². The molecule has 0 amide bonds. The zero-order valence-electron chi connectivity index (χ0n) is 16.3. The summed E-state index contributed by atoms with van der Waals surface area (Å²) in [5.41, 5.74) is 4.40. The highest BCUT2D eigenvalue weighted by atomic mass is 127. The molecule has 0 radical (unpaired) electrons. The molecule has 0 unspecified atom stereocenters. The molecule has 1 heterocycles. The summed E-state index contributed by atoms with van der Waals surface area (Å²) in [6.45, 7) is 3.49. The number of guanidine groups is 1.